The summed E-state index contributed by atoms with van der Waals surface area (Å²) >= 11 is 4.22. The van der Waals surface area contributed by atoms with Crippen LogP contribution >= 0.6 is 12.6 Å². The zero-order chi connectivity index (χ0) is 10.7. The molecule has 0 aliphatic rings. The summed E-state index contributed by atoms with van der Waals surface area (Å²) in [5.41, 5.74) is 1.23. The summed E-state index contributed by atoms with van der Waals surface area (Å²) in [7, 11) is 0. The van der Waals surface area contributed by atoms with Crippen LogP contribution in [0, 0.1) is 6.92 Å². The summed E-state index contributed by atoms with van der Waals surface area (Å²) in [6.07, 6.45) is 0. The molecular weight excluding hydrogens is 204 g/mol. The van der Waals surface area contributed by atoms with Crippen LogP contribution in [0.25, 0.3) is 0 Å². The standard InChI is InChI=1S/C13H12OS/c1-10-2-4-11(5-3-10)14-12-6-8-13(15)9-7-12/h2-9,15H,1H3. The Kier molecular flexibility index (Phi) is 2.97. The van der Waals surface area contributed by atoms with Crippen molar-refractivity contribution in [1.82, 2.24) is 0 Å². The normalized spacial score (nSPS) is 10.0. The minimum Gasteiger partial charge on any atom is -0.457 e. The maximum atomic E-state index is 5.65. The van der Waals surface area contributed by atoms with Gasteiger partial charge in [-0.05, 0) is 43.3 Å². The van der Waals surface area contributed by atoms with E-state index in [9.17, 15) is 0 Å². The van der Waals surface area contributed by atoms with Gasteiger partial charge in [0.15, 0.2) is 0 Å². The van der Waals surface area contributed by atoms with Gasteiger partial charge in [-0.3, -0.25) is 0 Å². The predicted octanol–water partition coefficient (Wildman–Crippen LogP) is 4.08. The van der Waals surface area contributed by atoms with Crippen molar-refractivity contribution in [1.29, 1.82) is 0 Å². The molecule has 0 radical (unpaired) electrons. The molecule has 0 amide bonds. The van der Waals surface area contributed by atoms with Crippen LogP contribution in [0.1, 0.15) is 5.56 Å². The van der Waals surface area contributed by atoms with Crippen molar-refractivity contribution < 1.29 is 4.74 Å². The topological polar surface area (TPSA) is 9.23 Å². The molecule has 2 rings (SSSR count). The molecule has 0 fully saturated rings. The molecule has 0 aromatic heterocycles. The Labute approximate surface area is 95.1 Å². The maximum absolute atomic E-state index is 5.65. The third-order valence-electron chi connectivity index (χ3n) is 2.09. The minimum atomic E-state index is 0.830. The molecule has 76 valence electrons. The zero-order valence-corrected chi connectivity index (χ0v) is 9.37. The summed E-state index contributed by atoms with van der Waals surface area (Å²) in [5.74, 6) is 1.68. The van der Waals surface area contributed by atoms with Gasteiger partial charge in [-0.2, -0.15) is 0 Å². The Morgan fingerprint density at radius 2 is 1.27 bits per heavy atom. The molecule has 0 aliphatic carbocycles. The van der Waals surface area contributed by atoms with E-state index in [1.165, 1.54) is 5.56 Å². The average Bonchev–Trinajstić information content (AvgIpc) is 2.25. The van der Waals surface area contributed by atoms with E-state index < -0.39 is 0 Å². The van der Waals surface area contributed by atoms with Crippen LogP contribution in [0.2, 0.25) is 0 Å². The molecular formula is C13H12OS. The largest absolute Gasteiger partial charge is 0.457 e. The molecule has 2 aromatic rings. The summed E-state index contributed by atoms with van der Waals surface area (Å²) in [5, 5.41) is 0. The summed E-state index contributed by atoms with van der Waals surface area (Å²) < 4.78 is 5.65. The molecule has 2 aromatic carbocycles. The van der Waals surface area contributed by atoms with Crippen molar-refractivity contribution in [2.45, 2.75) is 11.8 Å². The van der Waals surface area contributed by atoms with Gasteiger partial charge in [-0.15, -0.1) is 12.6 Å². The summed E-state index contributed by atoms with van der Waals surface area (Å²) in [4.78, 5) is 0.936. The molecule has 15 heavy (non-hydrogen) atoms. The predicted molar refractivity (Wildman–Crippen MR) is 64.9 cm³/mol. The van der Waals surface area contributed by atoms with Gasteiger partial charge in [0, 0.05) is 4.90 Å². The number of hydrogen-bond donors (Lipinski definition) is 1. The molecule has 0 saturated heterocycles. The van der Waals surface area contributed by atoms with Crippen molar-refractivity contribution in [2.24, 2.45) is 0 Å². The van der Waals surface area contributed by atoms with Crippen molar-refractivity contribution in [3.05, 3.63) is 54.1 Å². The summed E-state index contributed by atoms with van der Waals surface area (Å²) in [6, 6.07) is 15.6. The lowest BCUT2D eigenvalue weighted by Gasteiger charge is -2.05. The molecule has 0 N–H and O–H groups in total. The Balaban J connectivity index is 2.15. The van der Waals surface area contributed by atoms with Crippen LogP contribution in [0.15, 0.2) is 53.4 Å². The highest BCUT2D eigenvalue weighted by Gasteiger charge is 1.95. The van der Waals surface area contributed by atoms with E-state index in [-0.39, 0.29) is 0 Å². The van der Waals surface area contributed by atoms with E-state index in [1.807, 2.05) is 48.5 Å². The van der Waals surface area contributed by atoms with Gasteiger partial charge in [-0.25, -0.2) is 0 Å². The second-order valence-corrected chi connectivity index (χ2v) is 3.93. The second kappa shape index (κ2) is 4.41. The first-order valence-corrected chi connectivity index (χ1v) is 5.22. The third kappa shape index (κ3) is 2.77. The van der Waals surface area contributed by atoms with Gasteiger partial charge in [0.05, 0.1) is 0 Å². The molecule has 0 saturated carbocycles. The maximum Gasteiger partial charge on any atom is 0.127 e. The smallest absolute Gasteiger partial charge is 0.127 e. The lowest BCUT2D eigenvalue weighted by molar-refractivity contribution is 0.482. The fourth-order valence-electron chi connectivity index (χ4n) is 1.26. The van der Waals surface area contributed by atoms with Crippen LogP contribution in [0.3, 0.4) is 0 Å². The van der Waals surface area contributed by atoms with Gasteiger partial charge >= 0.3 is 0 Å². The fraction of sp³-hybridized carbons (Fsp3) is 0.0769. The van der Waals surface area contributed by atoms with Crippen LogP contribution in [-0.2, 0) is 0 Å². The van der Waals surface area contributed by atoms with Gasteiger partial charge in [0.2, 0.25) is 0 Å². The van der Waals surface area contributed by atoms with Crippen molar-refractivity contribution in [3.63, 3.8) is 0 Å². The number of ether oxygens (including phenoxy) is 1. The highest BCUT2D eigenvalue weighted by molar-refractivity contribution is 7.80. The van der Waals surface area contributed by atoms with Crippen molar-refractivity contribution in [2.75, 3.05) is 0 Å². The lowest BCUT2D eigenvalue weighted by Crippen LogP contribution is -1.83. The van der Waals surface area contributed by atoms with Crippen LogP contribution in [0.4, 0.5) is 0 Å². The molecule has 0 atom stereocenters. The molecule has 1 nitrogen and oxygen atoms in total. The molecule has 0 unspecified atom stereocenters. The third-order valence-corrected chi connectivity index (χ3v) is 2.39. The molecule has 0 spiro atoms. The van der Waals surface area contributed by atoms with Gasteiger partial charge in [0.25, 0.3) is 0 Å². The van der Waals surface area contributed by atoms with Crippen molar-refractivity contribution in [3.8, 4) is 11.5 Å². The highest BCUT2D eigenvalue weighted by Crippen LogP contribution is 2.22. The van der Waals surface area contributed by atoms with E-state index in [2.05, 4.69) is 19.6 Å². The molecule has 0 bridgehead atoms. The second-order valence-electron chi connectivity index (χ2n) is 3.41. The Morgan fingerprint density at radius 1 is 0.800 bits per heavy atom. The van der Waals surface area contributed by atoms with Gasteiger partial charge in [-0.1, -0.05) is 17.7 Å². The van der Waals surface area contributed by atoms with E-state index in [1.54, 1.807) is 0 Å². The van der Waals surface area contributed by atoms with E-state index >= 15 is 0 Å². The Bertz CT molecular complexity index is 388. The molecule has 2 heteroatoms. The van der Waals surface area contributed by atoms with E-state index in [0.717, 1.165) is 16.4 Å². The number of thiol groups is 1. The SMILES string of the molecule is Cc1ccc(Oc2ccc(S)cc2)cc1. The minimum absolute atomic E-state index is 0.830. The Hall–Kier alpha value is -1.41. The monoisotopic (exact) mass is 216 g/mol. The van der Waals surface area contributed by atoms with E-state index in [0.29, 0.717) is 0 Å². The molecule has 0 heterocycles. The molecule has 0 aliphatic heterocycles. The number of benzene rings is 2. The van der Waals surface area contributed by atoms with Gasteiger partial charge < -0.3 is 4.74 Å². The number of rotatable bonds is 2. The number of hydrogen-bond acceptors (Lipinski definition) is 2. The van der Waals surface area contributed by atoms with Crippen LogP contribution in [0.5, 0.6) is 11.5 Å². The summed E-state index contributed by atoms with van der Waals surface area (Å²) in [6.45, 7) is 2.06. The van der Waals surface area contributed by atoms with Gasteiger partial charge in [0.1, 0.15) is 11.5 Å². The Morgan fingerprint density at radius 3 is 1.80 bits per heavy atom. The fourth-order valence-corrected chi connectivity index (χ4v) is 1.41. The van der Waals surface area contributed by atoms with E-state index in [4.69, 9.17) is 4.74 Å². The number of aryl methyl sites for hydroxylation is 1. The van der Waals surface area contributed by atoms with Crippen molar-refractivity contribution >= 4 is 12.6 Å². The van der Waals surface area contributed by atoms with Crippen LogP contribution in [-0.4, -0.2) is 0 Å². The first-order chi connectivity index (χ1) is 7.24. The first-order valence-electron chi connectivity index (χ1n) is 4.77. The highest BCUT2D eigenvalue weighted by atomic mass is 32.1. The van der Waals surface area contributed by atoms with Crippen LogP contribution < -0.4 is 4.74 Å². The zero-order valence-electron chi connectivity index (χ0n) is 8.47. The quantitative estimate of drug-likeness (QED) is 0.744. The first kappa shape index (κ1) is 10.1. The lowest BCUT2D eigenvalue weighted by atomic mass is 10.2. The average molecular weight is 216 g/mol.